The van der Waals surface area contributed by atoms with E-state index in [9.17, 15) is 13.2 Å². The van der Waals surface area contributed by atoms with Crippen molar-refractivity contribution in [1.29, 1.82) is 0 Å². The number of carbonyl (C=O) groups excluding carboxylic acids is 1. The van der Waals surface area contributed by atoms with E-state index >= 15 is 0 Å². The second-order valence-electron chi connectivity index (χ2n) is 7.93. The van der Waals surface area contributed by atoms with Crippen molar-refractivity contribution in [3.8, 4) is 0 Å². The van der Waals surface area contributed by atoms with Crippen LogP contribution < -0.4 is 10.2 Å². The van der Waals surface area contributed by atoms with Gasteiger partial charge in [0, 0.05) is 55.7 Å². The molecule has 2 saturated heterocycles. The molecule has 2 fully saturated rings. The maximum absolute atomic E-state index is 12.7. The van der Waals surface area contributed by atoms with E-state index in [1.54, 1.807) is 24.3 Å². The summed E-state index contributed by atoms with van der Waals surface area (Å²) in [6, 6.07) is 14.3. The van der Waals surface area contributed by atoms with Crippen LogP contribution >= 0.6 is 11.6 Å². The van der Waals surface area contributed by atoms with Crippen molar-refractivity contribution < 1.29 is 13.2 Å². The minimum absolute atomic E-state index is 0.143. The van der Waals surface area contributed by atoms with Gasteiger partial charge in [0.2, 0.25) is 15.9 Å². The zero-order chi connectivity index (χ0) is 21.8. The third-order valence-corrected chi connectivity index (χ3v) is 7.90. The predicted molar refractivity (Wildman–Crippen MR) is 123 cm³/mol. The molecule has 0 unspecified atom stereocenters. The van der Waals surface area contributed by atoms with E-state index in [4.69, 9.17) is 11.6 Å². The molecule has 9 heteroatoms. The molecule has 0 saturated carbocycles. The van der Waals surface area contributed by atoms with Crippen LogP contribution in [0.5, 0.6) is 0 Å². The van der Waals surface area contributed by atoms with Crippen LogP contribution in [-0.4, -0.2) is 69.3 Å². The number of hydrogen-bond acceptors (Lipinski definition) is 5. The number of carbonyl (C=O) groups is 1. The van der Waals surface area contributed by atoms with Gasteiger partial charge in [-0.05, 0) is 55.3 Å². The lowest BCUT2D eigenvalue weighted by molar-refractivity contribution is -0.117. The van der Waals surface area contributed by atoms with Crippen molar-refractivity contribution in [3.05, 3.63) is 53.6 Å². The van der Waals surface area contributed by atoms with Crippen LogP contribution in [0, 0.1) is 0 Å². The van der Waals surface area contributed by atoms with E-state index in [2.05, 4.69) is 15.1 Å². The second-order valence-corrected chi connectivity index (χ2v) is 10.3. The third-order valence-electron chi connectivity index (χ3n) is 5.75. The SMILES string of the molecule is O=C(CN1CCN(c2ccc(Cl)cc2)CC1)Nc1cccc(S(=O)(=O)N2CCCC2)c1. The maximum Gasteiger partial charge on any atom is 0.243 e. The number of amides is 1. The first-order chi connectivity index (χ1) is 14.9. The van der Waals surface area contributed by atoms with Gasteiger partial charge in [-0.2, -0.15) is 4.31 Å². The van der Waals surface area contributed by atoms with Crippen LogP contribution in [0.1, 0.15) is 12.8 Å². The zero-order valence-corrected chi connectivity index (χ0v) is 18.9. The van der Waals surface area contributed by atoms with Gasteiger partial charge >= 0.3 is 0 Å². The first-order valence-electron chi connectivity index (χ1n) is 10.5. The summed E-state index contributed by atoms with van der Waals surface area (Å²) in [4.78, 5) is 17.2. The Bertz CT molecular complexity index is 1020. The summed E-state index contributed by atoms with van der Waals surface area (Å²) in [6.07, 6.45) is 1.78. The lowest BCUT2D eigenvalue weighted by Gasteiger charge is -2.35. The fourth-order valence-corrected chi connectivity index (χ4v) is 5.72. The predicted octanol–water partition coefficient (Wildman–Crippen LogP) is 2.89. The van der Waals surface area contributed by atoms with Gasteiger partial charge in [0.05, 0.1) is 11.4 Å². The van der Waals surface area contributed by atoms with Crippen LogP contribution in [-0.2, 0) is 14.8 Å². The minimum Gasteiger partial charge on any atom is -0.369 e. The third kappa shape index (κ3) is 5.38. The fourth-order valence-electron chi connectivity index (χ4n) is 4.03. The highest BCUT2D eigenvalue weighted by atomic mass is 35.5. The molecule has 0 bridgehead atoms. The molecule has 2 aromatic rings. The molecule has 2 aliphatic heterocycles. The standard InChI is InChI=1S/C22H27ClN4O3S/c23-18-6-8-20(9-7-18)26-14-12-25(13-15-26)17-22(28)24-19-4-3-5-21(16-19)31(29,30)27-10-1-2-11-27/h3-9,16H,1-2,10-15,17H2,(H,24,28). The number of piperazine rings is 1. The average molecular weight is 463 g/mol. The van der Waals surface area contributed by atoms with Gasteiger partial charge in [0.25, 0.3) is 0 Å². The molecule has 2 aliphatic rings. The Labute approximate surface area is 188 Å². The molecule has 1 amide bonds. The lowest BCUT2D eigenvalue weighted by atomic mass is 10.2. The van der Waals surface area contributed by atoms with Crippen LogP contribution in [0.25, 0.3) is 0 Å². The summed E-state index contributed by atoms with van der Waals surface area (Å²) in [6.45, 7) is 4.61. The molecular formula is C22H27ClN4O3S. The molecule has 166 valence electrons. The molecule has 0 atom stereocenters. The van der Waals surface area contributed by atoms with Gasteiger partial charge in [-0.1, -0.05) is 17.7 Å². The van der Waals surface area contributed by atoms with Crippen molar-refractivity contribution >= 4 is 38.9 Å². The number of nitrogens with one attached hydrogen (secondary N) is 1. The van der Waals surface area contributed by atoms with Gasteiger partial charge in [-0.3, -0.25) is 9.69 Å². The zero-order valence-electron chi connectivity index (χ0n) is 17.3. The maximum atomic E-state index is 12.7. The topological polar surface area (TPSA) is 73.0 Å². The van der Waals surface area contributed by atoms with Crippen molar-refractivity contribution in [2.24, 2.45) is 0 Å². The van der Waals surface area contributed by atoms with E-state index in [0.29, 0.717) is 18.8 Å². The Morgan fingerprint density at radius 3 is 2.29 bits per heavy atom. The molecule has 0 spiro atoms. The van der Waals surface area contributed by atoms with E-state index < -0.39 is 10.0 Å². The Morgan fingerprint density at radius 2 is 1.61 bits per heavy atom. The molecule has 0 radical (unpaired) electrons. The molecule has 1 N–H and O–H groups in total. The Balaban J connectivity index is 1.31. The summed E-state index contributed by atoms with van der Waals surface area (Å²) >= 11 is 5.96. The summed E-state index contributed by atoms with van der Waals surface area (Å²) in [5.74, 6) is -0.143. The molecule has 7 nitrogen and oxygen atoms in total. The summed E-state index contributed by atoms with van der Waals surface area (Å²) in [7, 11) is -3.50. The summed E-state index contributed by atoms with van der Waals surface area (Å²) in [5, 5.41) is 3.57. The second kappa shape index (κ2) is 9.56. The van der Waals surface area contributed by atoms with Gasteiger partial charge in [0.1, 0.15) is 0 Å². The van der Waals surface area contributed by atoms with Gasteiger partial charge < -0.3 is 10.2 Å². The van der Waals surface area contributed by atoms with Crippen molar-refractivity contribution in [3.63, 3.8) is 0 Å². The van der Waals surface area contributed by atoms with E-state index in [-0.39, 0.29) is 17.3 Å². The molecule has 4 rings (SSSR count). The van der Waals surface area contributed by atoms with Gasteiger partial charge in [0.15, 0.2) is 0 Å². The Morgan fingerprint density at radius 1 is 0.935 bits per heavy atom. The lowest BCUT2D eigenvalue weighted by Crippen LogP contribution is -2.48. The van der Waals surface area contributed by atoms with Gasteiger partial charge in [-0.25, -0.2) is 8.42 Å². The fraction of sp³-hybridized carbons (Fsp3) is 0.409. The van der Waals surface area contributed by atoms with Crippen LogP contribution in [0.4, 0.5) is 11.4 Å². The van der Waals surface area contributed by atoms with E-state index in [1.165, 1.54) is 4.31 Å². The molecule has 0 aliphatic carbocycles. The Hall–Kier alpha value is -2.13. The first kappa shape index (κ1) is 22.1. The van der Waals surface area contributed by atoms with Crippen LogP contribution in [0.3, 0.4) is 0 Å². The number of nitrogens with zero attached hydrogens (tertiary/aromatic N) is 3. The smallest absolute Gasteiger partial charge is 0.243 e. The van der Waals surface area contributed by atoms with Crippen molar-refractivity contribution in [2.75, 3.05) is 56.0 Å². The summed E-state index contributed by atoms with van der Waals surface area (Å²) < 4.78 is 27.0. The molecule has 2 aromatic carbocycles. The number of halogens is 1. The summed E-state index contributed by atoms with van der Waals surface area (Å²) in [5.41, 5.74) is 1.63. The average Bonchev–Trinajstić information content (AvgIpc) is 3.31. The minimum atomic E-state index is -3.50. The highest BCUT2D eigenvalue weighted by Gasteiger charge is 2.27. The largest absolute Gasteiger partial charge is 0.369 e. The van der Waals surface area contributed by atoms with Gasteiger partial charge in [-0.15, -0.1) is 0 Å². The van der Waals surface area contributed by atoms with E-state index in [0.717, 1.165) is 49.7 Å². The number of sulfonamides is 1. The van der Waals surface area contributed by atoms with E-state index in [1.807, 2.05) is 24.3 Å². The molecule has 0 aromatic heterocycles. The highest BCUT2D eigenvalue weighted by molar-refractivity contribution is 7.89. The number of rotatable bonds is 6. The molecular weight excluding hydrogens is 436 g/mol. The molecule has 2 heterocycles. The Kier molecular flexibility index (Phi) is 6.81. The quantitative estimate of drug-likeness (QED) is 0.714. The normalized spacial score (nSPS) is 18.3. The van der Waals surface area contributed by atoms with Crippen LogP contribution in [0.15, 0.2) is 53.4 Å². The van der Waals surface area contributed by atoms with Crippen LogP contribution in [0.2, 0.25) is 5.02 Å². The van der Waals surface area contributed by atoms with Crippen molar-refractivity contribution in [1.82, 2.24) is 9.21 Å². The number of anilines is 2. The first-order valence-corrected chi connectivity index (χ1v) is 12.4. The van der Waals surface area contributed by atoms with Crippen molar-refractivity contribution in [2.45, 2.75) is 17.7 Å². The monoisotopic (exact) mass is 462 g/mol. The highest BCUT2D eigenvalue weighted by Crippen LogP contribution is 2.23. The molecule has 31 heavy (non-hydrogen) atoms. The number of hydrogen-bond donors (Lipinski definition) is 1. The number of benzene rings is 2.